The number of nitrogens with one attached hydrogen (secondary N) is 1. The van der Waals surface area contributed by atoms with Crippen molar-refractivity contribution in [3.05, 3.63) is 29.6 Å². The Kier molecular flexibility index (Phi) is 2.42. The molecule has 4 nitrogen and oxygen atoms in total. The van der Waals surface area contributed by atoms with E-state index in [9.17, 15) is 0 Å². The van der Waals surface area contributed by atoms with Gasteiger partial charge in [-0.25, -0.2) is 4.98 Å². The number of nitrogen functional groups attached to an aromatic ring is 1. The minimum absolute atomic E-state index is 0.0821. The van der Waals surface area contributed by atoms with Crippen LogP contribution in [-0.4, -0.2) is 15.4 Å². The molecule has 2 rings (SSSR count). The van der Waals surface area contributed by atoms with E-state index < -0.39 is 0 Å². The maximum atomic E-state index is 7.40. The lowest BCUT2D eigenvalue weighted by atomic mass is 10.2. The lowest BCUT2D eigenvalue weighted by molar-refractivity contribution is 0.600. The summed E-state index contributed by atoms with van der Waals surface area (Å²) in [6, 6.07) is 6.09. The lowest BCUT2D eigenvalue weighted by Gasteiger charge is -2.10. The van der Waals surface area contributed by atoms with Crippen molar-refractivity contribution in [1.82, 2.24) is 9.55 Å². The Hall–Kier alpha value is -1.84. The standard InChI is InChI=1S/C12H16N4/c1-7(2)16-8(3)15-10-6-9(12(13)14)4-5-11(10)16/h4-7H,1-3H3,(H3,13,14). The molecule has 2 aromatic rings. The Morgan fingerprint density at radius 2 is 2.12 bits per heavy atom. The quantitative estimate of drug-likeness (QED) is 0.597. The van der Waals surface area contributed by atoms with Crippen LogP contribution in [0, 0.1) is 12.3 Å². The van der Waals surface area contributed by atoms with E-state index in [-0.39, 0.29) is 5.84 Å². The first-order valence-corrected chi connectivity index (χ1v) is 5.33. The molecule has 0 unspecified atom stereocenters. The molecule has 3 N–H and O–H groups in total. The van der Waals surface area contributed by atoms with E-state index in [1.165, 1.54) is 0 Å². The summed E-state index contributed by atoms with van der Waals surface area (Å²) in [4.78, 5) is 4.49. The third-order valence-electron chi connectivity index (χ3n) is 2.69. The average Bonchev–Trinajstić information content (AvgIpc) is 2.51. The van der Waals surface area contributed by atoms with Gasteiger partial charge in [0.25, 0.3) is 0 Å². The number of hydrogen-bond acceptors (Lipinski definition) is 2. The van der Waals surface area contributed by atoms with Crippen LogP contribution >= 0.6 is 0 Å². The van der Waals surface area contributed by atoms with Crippen LogP contribution in [0.15, 0.2) is 18.2 Å². The van der Waals surface area contributed by atoms with Gasteiger partial charge in [0.05, 0.1) is 11.0 Å². The molecule has 0 aliphatic rings. The van der Waals surface area contributed by atoms with Gasteiger partial charge in [-0.15, -0.1) is 0 Å². The van der Waals surface area contributed by atoms with E-state index in [2.05, 4.69) is 23.4 Å². The summed E-state index contributed by atoms with van der Waals surface area (Å²) in [6.45, 7) is 6.26. The second kappa shape index (κ2) is 3.63. The number of benzene rings is 1. The largest absolute Gasteiger partial charge is 0.384 e. The summed E-state index contributed by atoms with van der Waals surface area (Å²) < 4.78 is 2.18. The normalized spacial score (nSPS) is 11.2. The SMILES string of the molecule is Cc1nc2cc(C(=N)N)ccc2n1C(C)C. The average molecular weight is 216 g/mol. The van der Waals surface area contributed by atoms with Gasteiger partial charge in [0, 0.05) is 11.6 Å². The molecule has 1 heterocycles. The molecule has 0 radical (unpaired) electrons. The van der Waals surface area contributed by atoms with E-state index >= 15 is 0 Å². The fourth-order valence-corrected chi connectivity index (χ4v) is 2.04. The fourth-order valence-electron chi connectivity index (χ4n) is 2.04. The molecule has 0 saturated heterocycles. The third-order valence-corrected chi connectivity index (χ3v) is 2.69. The molecule has 0 atom stereocenters. The van der Waals surface area contributed by atoms with E-state index in [4.69, 9.17) is 11.1 Å². The highest BCUT2D eigenvalue weighted by atomic mass is 15.1. The van der Waals surface area contributed by atoms with Crippen LogP contribution < -0.4 is 5.73 Å². The van der Waals surface area contributed by atoms with Gasteiger partial charge in [-0.05, 0) is 39.0 Å². The number of nitrogens with zero attached hydrogens (tertiary/aromatic N) is 2. The zero-order valence-corrected chi connectivity index (χ0v) is 9.78. The molecule has 16 heavy (non-hydrogen) atoms. The van der Waals surface area contributed by atoms with Crippen molar-refractivity contribution >= 4 is 16.9 Å². The van der Waals surface area contributed by atoms with Crippen molar-refractivity contribution in [3.8, 4) is 0 Å². The number of aromatic nitrogens is 2. The maximum absolute atomic E-state index is 7.40. The van der Waals surface area contributed by atoms with Gasteiger partial charge in [-0.3, -0.25) is 5.41 Å². The second-order valence-corrected chi connectivity index (χ2v) is 4.24. The van der Waals surface area contributed by atoms with Crippen LogP contribution in [0.25, 0.3) is 11.0 Å². The first kappa shape index (κ1) is 10.7. The molecule has 1 aromatic heterocycles. The molecule has 0 aliphatic heterocycles. The van der Waals surface area contributed by atoms with Crippen LogP contribution in [0.1, 0.15) is 31.3 Å². The molecule has 1 aromatic carbocycles. The van der Waals surface area contributed by atoms with E-state index in [1.54, 1.807) is 0 Å². The molecule has 0 amide bonds. The highest BCUT2D eigenvalue weighted by Gasteiger charge is 2.10. The molecular formula is C12H16N4. The molecule has 0 saturated carbocycles. The van der Waals surface area contributed by atoms with Crippen molar-refractivity contribution in [2.24, 2.45) is 5.73 Å². The van der Waals surface area contributed by atoms with Gasteiger partial charge in [0.15, 0.2) is 0 Å². The van der Waals surface area contributed by atoms with Crippen LogP contribution in [-0.2, 0) is 0 Å². The molecular weight excluding hydrogens is 200 g/mol. The maximum Gasteiger partial charge on any atom is 0.122 e. The van der Waals surface area contributed by atoms with Gasteiger partial charge < -0.3 is 10.3 Å². The number of rotatable bonds is 2. The summed E-state index contributed by atoms with van der Waals surface area (Å²) in [6.07, 6.45) is 0. The highest BCUT2D eigenvalue weighted by molar-refractivity contribution is 5.98. The van der Waals surface area contributed by atoms with Crippen LogP contribution in [0.5, 0.6) is 0 Å². The predicted octanol–water partition coefficient (Wildman–Crippen LogP) is 2.21. The monoisotopic (exact) mass is 216 g/mol. The first-order chi connectivity index (χ1) is 7.50. The second-order valence-electron chi connectivity index (χ2n) is 4.24. The Morgan fingerprint density at radius 3 is 2.69 bits per heavy atom. The van der Waals surface area contributed by atoms with Gasteiger partial charge in [0.2, 0.25) is 0 Å². The molecule has 0 bridgehead atoms. The summed E-state index contributed by atoms with van der Waals surface area (Å²) in [7, 11) is 0. The van der Waals surface area contributed by atoms with Crippen molar-refractivity contribution in [3.63, 3.8) is 0 Å². The third kappa shape index (κ3) is 1.56. The van der Waals surface area contributed by atoms with Crippen LogP contribution in [0.4, 0.5) is 0 Å². The number of fused-ring (bicyclic) bond motifs is 1. The minimum atomic E-state index is 0.0821. The van der Waals surface area contributed by atoms with Crippen molar-refractivity contribution in [1.29, 1.82) is 5.41 Å². The first-order valence-electron chi connectivity index (χ1n) is 5.33. The molecule has 4 heteroatoms. The van der Waals surface area contributed by atoms with Gasteiger partial charge in [0.1, 0.15) is 11.7 Å². The number of imidazole rings is 1. The molecule has 84 valence electrons. The molecule has 0 fully saturated rings. The molecule has 0 spiro atoms. The smallest absolute Gasteiger partial charge is 0.122 e. The van der Waals surface area contributed by atoms with Crippen molar-refractivity contribution in [2.45, 2.75) is 26.8 Å². The minimum Gasteiger partial charge on any atom is -0.384 e. The number of hydrogen-bond donors (Lipinski definition) is 2. The summed E-state index contributed by atoms with van der Waals surface area (Å²) in [5, 5.41) is 7.40. The highest BCUT2D eigenvalue weighted by Crippen LogP contribution is 2.21. The number of aryl methyl sites for hydroxylation is 1. The van der Waals surface area contributed by atoms with Crippen molar-refractivity contribution in [2.75, 3.05) is 0 Å². The zero-order chi connectivity index (χ0) is 11.9. The Morgan fingerprint density at radius 1 is 1.44 bits per heavy atom. The van der Waals surface area contributed by atoms with Gasteiger partial charge in [-0.1, -0.05) is 0 Å². The molecule has 0 aliphatic carbocycles. The summed E-state index contributed by atoms with van der Waals surface area (Å²) in [5.74, 6) is 1.07. The number of nitrogens with two attached hydrogens (primary N) is 1. The topological polar surface area (TPSA) is 67.7 Å². The Labute approximate surface area is 94.6 Å². The van der Waals surface area contributed by atoms with Gasteiger partial charge >= 0.3 is 0 Å². The Balaban J connectivity index is 2.70. The van der Waals surface area contributed by atoms with E-state index in [1.807, 2.05) is 25.1 Å². The van der Waals surface area contributed by atoms with Crippen LogP contribution in [0.2, 0.25) is 0 Å². The summed E-state index contributed by atoms with van der Waals surface area (Å²) >= 11 is 0. The van der Waals surface area contributed by atoms with E-state index in [0.29, 0.717) is 6.04 Å². The number of amidine groups is 1. The van der Waals surface area contributed by atoms with E-state index in [0.717, 1.165) is 22.4 Å². The lowest BCUT2D eigenvalue weighted by Crippen LogP contribution is -2.10. The Bertz CT molecular complexity index is 551. The summed E-state index contributed by atoms with van der Waals surface area (Å²) in [5.41, 5.74) is 8.18. The predicted molar refractivity (Wildman–Crippen MR) is 65.9 cm³/mol. The zero-order valence-electron chi connectivity index (χ0n) is 9.78. The van der Waals surface area contributed by atoms with Crippen molar-refractivity contribution < 1.29 is 0 Å². The fraction of sp³-hybridized carbons (Fsp3) is 0.333. The van der Waals surface area contributed by atoms with Gasteiger partial charge in [-0.2, -0.15) is 0 Å². The van der Waals surface area contributed by atoms with Crippen LogP contribution in [0.3, 0.4) is 0 Å².